The summed E-state index contributed by atoms with van der Waals surface area (Å²) in [5, 5.41) is 9.99. The first-order valence-electron chi connectivity index (χ1n) is 7.31. The highest BCUT2D eigenvalue weighted by Crippen LogP contribution is 2.34. The van der Waals surface area contributed by atoms with E-state index in [1.165, 1.54) is 16.4 Å². The highest BCUT2D eigenvalue weighted by Gasteiger charge is 2.36. The van der Waals surface area contributed by atoms with E-state index in [0.717, 1.165) is 18.4 Å². The summed E-state index contributed by atoms with van der Waals surface area (Å²) in [5.41, 5.74) is 5.97. The zero-order chi connectivity index (χ0) is 16.5. The first-order valence-corrected chi connectivity index (χ1v) is 8.75. The minimum Gasteiger partial charge on any atom is -0.507 e. The van der Waals surface area contributed by atoms with Crippen molar-refractivity contribution in [3.8, 4) is 5.75 Å². The van der Waals surface area contributed by atoms with Crippen molar-refractivity contribution >= 4 is 15.9 Å². The predicted molar refractivity (Wildman–Crippen MR) is 82.7 cm³/mol. The van der Waals surface area contributed by atoms with Gasteiger partial charge in [-0.15, -0.1) is 0 Å². The summed E-state index contributed by atoms with van der Waals surface area (Å²) in [6, 6.07) is 3.92. The molecular formula is C15H22N2O4S. The summed E-state index contributed by atoms with van der Waals surface area (Å²) < 4.78 is 27.0. The van der Waals surface area contributed by atoms with Gasteiger partial charge in [-0.3, -0.25) is 4.79 Å². The van der Waals surface area contributed by atoms with Crippen molar-refractivity contribution in [3.63, 3.8) is 0 Å². The van der Waals surface area contributed by atoms with E-state index in [9.17, 15) is 18.3 Å². The number of rotatable bonds is 7. The number of carbonyl (C=O) groups is 1. The smallest absolute Gasteiger partial charge is 0.247 e. The molecule has 1 aliphatic rings. The maximum Gasteiger partial charge on any atom is 0.247 e. The lowest BCUT2D eigenvalue weighted by Gasteiger charge is -2.28. The first-order chi connectivity index (χ1) is 10.2. The number of phenolic OH excluding ortho intramolecular Hbond substituents is 1. The van der Waals surface area contributed by atoms with Crippen LogP contribution in [0.1, 0.15) is 31.7 Å². The van der Waals surface area contributed by atoms with Gasteiger partial charge in [0.25, 0.3) is 0 Å². The van der Waals surface area contributed by atoms with Crippen LogP contribution < -0.4 is 5.73 Å². The molecular weight excluding hydrogens is 304 g/mol. The molecule has 7 heteroatoms. The first kappa shape index (κ1) is 16.8. The third-order valence-corrected chi connectivity index (χ3v) is 5.85. The molecule has 1 unspecified atom stereocenters. The van der Waals surface area contributed by atoms with Gasteiger partial charge in [0.05, 0.1) is 0 Å². The molecule has 0 aliphatic heterocycles. The summed E-state index contributed by atoms with van der Waals surface area (Å²) in [6.45, 7) is 3.79. The molecule has 1 aromatic carbocycles. The summed E-state index contributed by atoms with van der Waals surface area (Å²) in [5.74, 6) is -0.499. The maximum atomic E-state index is 12.9. The summed E-state index contributed by atoms with van der Waals surface area (Å²) in [6.07, 6.45) is 1.92. The van der Waals surface area contributed by atoms with E-state index >= 15 is 0 Å². The molecule has 0 aromatic heterocycles. The average molecular weight is 326 g/mol. The Labute approximate surface area is 131 Å². The second-order valence-electron chi connectivity index (χ2n) is 6.01. The molecule has 3 N–H and O–H groups in total. The third kappa shape index (κ3) is 3.78. The Morgan fingerprint density at radius 1 is 1.45 bits per heavy atom. The molecule has 1 atom stereocenters. The Morgan fingerprint density at radius 2 is 2.09 bits per heavy atom. The number of nitrogens with zero attached hydrogens (tertiary/aromatic N) is 1. The number of phenols is 1. The molecule has 1 aliphatic carbocycles. The highest BCUT2D eigenvalue weighted by atomic mass is 32.2. The van der Waals surface area contributed by atoms with Gasteiger partial charge >= 0.3 is 0 Å². The van der Waals surface area contributed by atoms with Gasteiger partial charge in [-0.25, -0.2) is 8.42 Å². The number of hydrogen-bond donors (Lipinski definition) is 2. The van der Waals surface area contributed by atoms with Crippen LogP contribution in [0.4, 0.5) is 0 Å². The number of aromatic hydroxyl groups is 1. The fourth-order valence-electron chi connectivity index (χ4n) is 2.43. The van der Waals surface area contributed by atoms with E-state index < -0.39 is 22.0 Å². The molecule has 1 fully saturated rings. The third-order valence-electron chi connectivity index (χ3n) is 3.82. The molecule has 0 radical (unpaired) electrons. The topological polar surface area (TPSA) is 101 Å². The molecule has 22 heavy (non-hydrogen) atoms. The minimum atomic E-state index is -3.87. The number of amides is 1. The van der Waals surface area contributed by atoms with Crippen molar-refractivity contribution in [3.05, 3.63) is 23.8 Å². The van der Waals surface area contributed by atoms with Gasteiger partial charge in [0.1, 0.15) is 10.6 Å². The van der Waals surface area contributed by atoms with Crippen LogP contribution >= 0.6 is 0 Å². The van der Waals surface area contributed by atoms with Crippen LogP contribution in [0, 0.1) is 12.8 Å². The van der Waals surface area contributed by atoms with Crippen LogP contribution in [0.3, 0.4) is 0 Å². The van der Waals surface area contributed by atoms with Crippen LogP contribution in [-0.4, -0.2) is 36.3 Å². The summed E-state index contributed by atoms with van der Waals surface area (Å²) in [4.78, 5) is 11.0. The molecule has 0 heterocycles. The number of hydrogen-bond acceptors (Lipinski definition) is 4. The second-order valence-corrected chi connectivity index (χ2v) is 7.87. The molecule has 122 valence electrons. The average Bonchev–Trinajstić information content (AvgIpc) is 3.18. The molecule has 2 rings (SSSR count). The van der Waals surface area contributed by atoms with Crippen LogP contribution in [0.2, 0.25) is 0 Å². The van der Waals surface area contributed by atoms with Crippen LogP contribution in [0.25, 0.3) is 0 Å². The van der Waals surface area contributed by atoms with Crippen molar-refractivity contribution in [2.24, 2.45) is 11.7 Å². The van der Waals surface area contributed by atoms with Gasteiger partial charge < -0.3 is 10.8 Å². The van der Waals surface area contributed by atoms with E-state index in [2.05, 4.69) is 0 Å². The Kier molecular flexibility index (Phi) is 4.77. The Balaban J connectivity index is 2.36. The largest absolute Gasteiger partial charge is 0.507 e. The molecule has 0 saturated heterocycles. The standard InChI is InChI=1S/C15H22N2O4S/c1-10-3-6-14(13(18)7-10)22(20,21)17(9-12-4-5-12)11(2)8-15(16)19/h3,6-7,11-12,18H,4-5,8-9H2,1-2H3,(H2,16,19). The van der Waals surface area contributed by atoms with Gasteiger partial charge in [-0.1, -0.05) is 6.07 Å². The lowest BCUT2D eigenvalue weighted by atomic mass is 10.2. The number of primary amides is 1. The van der Waals surface area contributed by atoms with Crippen molar-refractivity contribution in [1.29, 1.82) is 0 Å². The monoisotopic (exact) mass is 326 g/mol. The number of aryl methyl sites for hydroxylation is 1. The van der Waals surface area contributed by atoms with Gasteiger partial charge in [-0.2, -0.15) is 4.31 Å². The fourth-order valence-corrected chi connectivity index (χ4v) is 4.21. The normalized spacial score (nSPS) is 16.7. The zero-order valence-electron chi connectivity index (χ0n) is 12.8. The Morgan fingerprint density at radius 3 is 2.59 bits per heavy atom. The van der Waals surface area contributed by atoms with Gasteiger partial charge in [0.2, 0.25) is 15.9 Å². The summed E-state index contributed by atoms with van der Waals surface area (Å²) >= 11 is 0. The van der Waals surface area contributed by atoms with Crippen molar-refractivity contribution < 1.29 is 18.3 Å². The molecule has 1 aromatic rings. The quantitative estimate of drug-likeness (QED) is 0.790. The molecule has 6 nitrogen and oxygen atoms in total. The van der Waals surface area contributed by atoms with Crippen LogP contribution in [-0.2, 0) is 14.8 Å². The minimum absolute atomic E-state index is 0.0431. The van der Waals surface area contributed by atoms with Crippen LogP contribution in [0.5, 0.6) is 5.75 Å². The Bertz CT molecular complexity index is 668. The molecule has 1 amide bonds. The van der Waals surface area contributed by atoms with E-state index in [1.54, 1.807) is 19.9 Å². The molecule has 0 spiro atoms. The van der Waals surface area contributed by atoms with E-state index in [-0.39, 0.29) is 17.1 Å². The second kappa shape index (κ2) is 6.26. The van der Waals surface area contributed by atoms with E-state index in [4.69, 9.17) is 5.73 Å². The van der Waals surface area contributed by atoms with Crippen LogP contribution in [0.15, 0.2) is 23.1 Å². The molecule has 0 bridgehead atoms. The zero-order valence-corrected chi connectivity index (χ0v) is 13.6. The Hall–Kier alpha value is -1.60. The number of benzene rings is 1. The lowest BCUT2D eigenvalue weighted by molar-refractivity contribution is -0.118. The lowest BCUT2D eigenvalue weighted by Crippen LogP contribution is -2.42. The van der Waals surface area contributed by atoms with E-state index in [1.807, 2.05) is 0 Å². The van der Waals surface area contributed by atoms with Gasteiger partial charge in [-0.05, 0) is 50.3 Å². The molecule has 1 saturated carbocycles. The van der Waals surface area contributed by atoms with Crippen molar-refractivity contribution in [2.45, 2.75) is 44.0 Å². The SMILES string of the molecule is Cc1ccc(S(=O)(=O)N(CC2CC2)C(C)CC(N)=O)c(O)c1. The summed E-state index contributed by atoms with van der Waals surface area (Å²) in [7, 11) is -3.87. The number of sulfonamides is 1. The van der Waals surface area contributed by atoms with Gasteiger partial charge in [0, 0.05) is 19.0 Å². The van der Waals surface area contributed by atoms with Gasteiger partial charge in [0.15, 0.2) is 0 Å². The maximum absolute atomic E-state index is 12.9. The highest BCUT2D eigenvalue weighted by molar-refractivity contribution is 7.89. The van der Waals surface area contributed by atoms with E-state index in [0.29, 0.717) is 12.5 Å². The fraction of sp³-hybridized carbons (Fsp3) is 0.533. The number of nitrogens with two attached hydrogens (primary N) is 1. The predicted octanol–water partition coefficient (Wildman–Crippen LogP) is 1.37. The van der Waals surface area contributed by atoms with Crippen molar-refractivity contribution in [1.82, 2.24) is 4.31 Å². The number of carbonyl (C=O) groups excluding carboxylic acids is 1. The van der Waals surface area contributed by atoms with Crippen molar-refractivity contribution in [2.75, 3.05) is 6.54 Å².